The second-order valence-corrected chi connectivity index (χ2v) is 6.05. The third kappa shape index (κ3) is 3.95. The molecular weight excluding hydrogens is 300 g/mol. The van der Waals surface area contributed by atoms with E-state index in [-0.39, 0.29) is 0 Å². The second kappa shape index (κ2) is 6.19. The lowest BCUT2D eigenvalue weighted by molar-refractivity contribution is 0.342. The highest BCUT2D eigenvalue weighted by molar-refractivity contribution is 9.10. The topological polar surface area (TPSA) is 38.0 Å². The Bertz CT molecular complexity index is 376. The number of nitrogens with two attached hydrogens (primary N) is 1. The minimum absolute atomic E-state index is 0.405. The lowest BCUT2D eigenvalue weighted by atomic mass is 9.92. The van der Waals surface area contributed by atoms with Gasteiger partial charge in [-0.25, -0.2) is 0 Å². The van der Waals surface area contributed by atoms with Crippen LogP contribution >= 0.6 is 27.5 Å². The molecule has 0 atom stereocenters. The van der Waals surface area contributed by atoms with E-state index in [1.165, 1.54) is 12.8 Å². The predicted molar refractivity (Wildman–Crippen MR) is 76.2 cm³/mol. The van der Waals surface area contributed by atoms with Crippen molar-refractivity contribution < 1.29 is 0 Å². The second-order valence-electron chi connectivity index (χ2n) is 4.73. The first-order valence-corrected chi connectivity index (χ1v) is 7.25. The monoisotopic (exact) mass is 316 g/mol. The van der Waals surface area contributed by atoms with Crippen LogP contribution in [-0.4, -0.2) is 12.1 Å². The van der Waals surface area contributed by atoms with Crippen LogP contribution in [0.1, 0.15) is 31.2 Å². The van der Waals surface area contributed by atoms with E-state index in [9.17, 15) is 0 Å². The molecule has 0 bridgehead atoms. The first-order valence-electron chi connectivity index (χ1n) is 6.08. The van der Waals surface area contributed by atoms with E-state index < -0.39 is 0 Å². The molecular formula is C13H18BrClN2. The van der Waals surface area contributed by atoms with Crippen LogP contribution in [0.4, 0.5) is 0 Å². The average molecular weight is 318 g/mol. The van der Waals surface area contributed by atoms with Gasteiger partial charge >= 0.3 is 0 Å². The molecule has 1 aliphatic carbocycles. The zero-order valence-electron chi connectivity index (χ0n) is 9.76. The molecule has 4 heteroatoms. The summed E-state index contributed by atoms with van der Waals surface area (Å²) >= 11 is 9.62. The maximum atomic E-state index is 6.16. The summed E-state index contributed by atoms with van der Waals surface area (Å²) in [5.74, 6) is 0. The van der Waals surface area contributed by atoms with Crippen LogP contribution in [0.5, 0.6) is 0 Å². The van der Waals surface area contributed by atoms with Gasteiger partial charge in [-0.15, -0.1) is 0 Å². The van der Waals surface area contributed by atoms with Gasteiger partial charge in [0.2, 0.25) is 0 Å². The van der Waals surface area contributed by atoms with Crippen molar-refractivity contribution in [2.45, 2.75) is 44.3 Å². The van der Waals surface area contributed by atoms with Crippen molar-refractivity contribution in [1.82, 2.24) is 5.32 Å². The van der Waals surface area contributed by atoms with Gasteiger partial charge in [0.15, 0.2) is 0 Å². The van der Waals surface area contributed by atoms with Crippen LogP contribution < -0.4 is 11.1 Å². The SMILES string of the molecule is NC1CCC(NCc2cc(Br)ccc2Cl)CC1. The van der Waals surface area contributed by atoms with Crippen LogP contribution in [0.25, 0.3) is 0 Å². The Morgan fingerprint density at radius 1 is 1.29 bits per heavy atom. The minimum Gasteiger partial charge on any atom is -0.328 e. The molecule has 0 unspecified atom stereocenters. The van der Waals surface area contributed by atoms with Crippen LogP contribution in [-0.2, 0) is 6.54 Å². The summed E-state index contributed by atoms with van der Waals surface area (Å²) in [4.78, 5) is 0. The molecule has 0 amide bonds. The van der Waals surface area contributed by atoms with Gasteiger partial charge in [-0.05, 0) is 49.4 Å². The molecule has 1 saturated carbocycles. The Hall–Kier alpha value is -0.0900. The average Bonchev–Trinajstić information content (AvgIpc) is 2.32. The number of hydrogen-bond acceptors (Lipinski definition) is 2. The van der Waals surface area contributed by atoms with Gasteiger partial charge in [0.25, 0.3) is 0 Å². The van der Waals surface area contributed by atoms with Crippen molar-refractivity contribution >= 4 is 27.5 Å². The summed E-state index contributed by atoms with van der Waals surface area (Å²) in [6.07, 6.45) is 4.60. The molecule has 0 aliphatic heterocycles. The predicted octanol–water partition coefficient (Wildman–Crippen LogP) is 3.46. The van der Waals surface area contributed by atoms with Gasteiger partial charge in [-0.2, -0.15) is 0 Å². The summed E-state index contributed by atoms with van der Waals surface area (Å²) in [5.41, 5.74) is 7.04. The zero-order valence-corrected chi connectivity index (χ0v) is 12.1. The van der Waals surface area contributed by atoms with E-state index in [1.807, 2.05) is 12.1 Å². The van der Waals surface area contributed by atoms with Crippen molar-refractivity contribution in [1.29, 1.82) is 0 Å². The maximum Gasteiger partial charge on any atom is 0.0451 e. The zero-order chi connectivity index (χ0) is 12.3. The highest BCUT2D eigenvalue weighted by Crippen LogP contribution is 2.22. The lowest BCUT2D eigenvalue weighted by Gasteiger charge is -2.27. The van der Waals surface area contributed by atoms with E-state index in [4.69, 9.17) is 17.3 Å². The first-order chi connectivity index (χ1) is 8.15. The van der Waals surface area contributed by atoms with E-state index in [0.717, 1.165) is 34.4 Å². The van der Waals surface area contributed by atoms with Gasteiger partial charge < -0.3 is 11.1 Å². The Morgan fingerprint density at radius 2 is 2.00 bits per heavy atom. The van der Waals surface area contributed by atoms with Gasteiger partial charge in [0.1, 0.15) is 0 Å². The van der Waals surface area contributed by atoms with Gasteiger partial charge in [-0.1, -0.05) is 27.5 Å². The minimum atomic E-state index is 0.405. The fourth-order valence-electron chi connectivity index (χ4n) is 2.26. The van der Waals surface area contributed by atoms with Crippen molar-refractivity contribution in [2.24, 2.45) is 5.73 Å². The van der Waals surface area contributed by atoms with E-state index in [2.05, 4.69) is 27.3 Å². The normalized spacial score (nSPS) is 24.9. The number of rotatable bonds is 3. The summed E-state index contributed by atoms with van der Waals surface area (Å²) in [6, 6.07) is 6.96. The molecule has 0 spiro atoms. The molecule has 3 N–H and O–H groups in total. The number of nitrogens with one attached hydrogen (secondary N) is 1. The highest BCUT2D eigenvalue weighted by atomic mass is 79.9. The van der Waals surface area contributed by atoms with Gasteiger partial charge in [-0.3, -0.25) is 0 Å². The molecule has 94 valence electrons. The summed E-state index contributed by atoms with van der Waals surface area (Å²) in [7, 11) is 0. The van der Waals surface area contributed by atoms with E-state index >= 15 is 0 Å². The molecule has 0 saturated heterocycles. The summed E-state index contributed by atoms with van der Waals surface area (Å²) < 4.78 is 1.07. The molecule has 0 heterocycles. The summed E-state index contributed by atoms with van der Waals surface area (Å²) in [5, 5.41) is 4.39. The van der Waals surface area contributed by atoms with Crippen molar-refractivity contribution in [3.63, 3.8) is 0 Å². The van der Waals surface area contributed by atoms with Crippen molar-refractivity contribution in [3.05, 3.63) is 33.3 Å². The molecule has 1 aliphatic rings. The Labute approximate surface area is 116 Å². The van der Waals surface area contributed by atoms with Crippen molar-refractivity contribution in [2.75, 3.05) is 0 Å². The van der Waals surface area contributed by atoms with Gasteiger partial charge in [0, 0.05) is 28.1 Å². The molecule has 0 aromatic heterocycles. The van der Waals surface area contributed by atoms with Crippen LogP contribution in [0.15, 0.2) is 22.7 Å². The quantitative estimate of drug-likeness (QED) is 0.896. The maximum absolute atomic E-state index is 6.16. The van der Waals surface area contributed by atoms with E-state index in [0.29, 0.717) is 12.1 Å². The van der Waals surface area contributed by atoms with E-state index in [1.54, 1.807) is 0 Å². The van der Waals surface area contributed by atoms with Crippen LogP contribution in [0, 0.1) is 0 Å². The number of benzene rings is 1. The molecule has 17 heavy (non-hydrogen) atoms. The van der Waals surface area contributed by atoms with Crippen molar-refractivity contribution in [3.8, 4) is 0 Å². The molecule has 1 aromatic carbocycles. The van der Waals surface area contributed by atoms with Crippen LogP contribution in [0.3, 0.4) is 0 Å². The molecule has 1 fully saturated rings. The Morgan fingerprint density at radius 3 is 2.71 bits per heavy atom. The molecule has 1 aromatic rings. The third-order valence-corrected chi connectivity index (χ3v) is 4.22. The Kier molecular flexibility index (Phi) is 4.86. The molecule has 0 radical (unpaired) electrons. The smallest absolute Gasteiger partial charge is 0.0451 e. The molecule has 2 rings (SSSR count). The molecule has 2 nitrogen and oxygen atoms in total. The van der Waals surface area contributed by atoms with Gasteiger partial charge in [0.05, 0.1) is 0 Å². The lowest BCUT2D eigenvalue weighted by Crippen LogP contribution is -2.37. The van der Waals surface area contributed by atoms with Crippen LogP contribution in [0.2, 0.25) is 5.02 Å². The Balaban J connectivity index is 1.87. The fraction of sp³-hybridized carbons (Fsp3) is 0.538. The standard InChI is InChI=1S/C13H18BrClN2/c14-10-1-6-13(15)9(7-10)8-17-12-4-2-11(16)3-5-12/h1,6-7,11-12,17H,2-5,8,16H2. The third-order valence-electron chi connectivity index (χ3n) is 3.36. The summed E-state index contributed by atoms with van der Waals surface area (Å²) in [6.45, 7) is 0.832. The highest BCUT2D eigenvalue weighted by Gasteiger charge is 2.17. The fourth-order valence-corrected chi connectivity index (χ4v) is 2.85. The number of halogens is 2. The first kappa shape index (κ1) is 13.3. The number of hydrogen-bond donors (Lipinski definition) is 2. The largest absolute Gasteiger partial charge is 0.328 e.